The largest absolute Gasteiger partial charge is 0.385 e. The first-order valence-electron chi connectivity index (χ1n) is 6.75. The average Bonchev–Trinajstić information content (AvgIpc) is 2.42. The van der Waals surface area contributed by atoms with Crippen LogP contribution in [0.25, 0.3) is 0 Å². The molecule has 1 rings (SSSR count). The molecule has 3 nitrogen and oxygen atoms in total. The molecular formula is C15H25NO2. The third-order valence-corrected chi connectivity index (χ3v) is 2.72. The Labute approximate surface area is 110 Å². The molecule has 18 heavy (non-hydrogen) atoms. The third kappa shape index (κ3) is 8.23. The van der Waals surface area contributed by atoms with Gasteiger partial charge >= 0.3 is 0 Å². The fraction of sp³-hybridized carbons (Fsp3) is 0.600. The highest BCUT2D eigenvalue weighted by atomic mass is 16.5. The van der Waals surface area contributed by atoms with Gasteiger partial charge in [0.1, 0.15) is 0 Å². The minimum absolute atomic E-state index is 0.793. The molecule has 0 aliphatic rings. The molecule has 0 spiro atoms. The van der Waals surface area contributed by atoms with Gasteiger partial charge in [-0.05, 0) is 31.4 Å². The van der Waals surface area contributed by atoms with Gasteiger partial charge in [-0.25, -0.2) is 0 Å². The summed E-state index contributed by atoms with van der Waals surface area (Å²) in [5, 5.41) is 3.32. The van der Waals surface area contributed by atoms with E-state index in [4.69, 9.17) is 9.47 Å². The van der Waals surface area contributed by atoms with E-state index in [1.165, 1.54) is 5.56 Å². The number of hydrogen-bond donors (Lipinski definition) is 1. The van der Waals surface area contributed by atoms with E-state index < -0.39 is 0 Å². The van der Waals surface area contributed by atoms with Crippen LogP contribution in [0, 0.1) is 0 Å². The summed E-state index contributed by atoms with van der Waals surface area (Å²) in [5.74, 6) is 0. The third-order valence-electron chi connectivity index (χ3n) is 2.72. The van der Waals surface area contributed by atoms with E-state index in [2.05, 4.69) is 35.6 Å². The number of benzene rings is 1. The summed E-state index contributed by atoms with van der Waals surface area (Å²) in [5.41, 5.74) is 1.39. The van der Waals surface area contributed by atoms with Crippen molar-refractivity contribution in [3.8, 4) is 0 Å². The zero-order chi connectivity index (χ0) is 12.9. The Bertz CT molecular complexity index is 277. The quantitative estimate of drug-likeness (QED) is 0.612. The summed E-state index contributed by atoms with van der Waals surface area (Å²) < 4.78 is 10.5. The molecule has 0 bridgehead atoms. The van der Waals surface area contributed by atoms with Crippen LogP contribution in [0.2, 0.25) is 0 Å². The molecule has 0 fully saturated rings. The maximum absolute atomic E-state index is 5.57. The Balaban J connectivity index is 1.82. The van der Waals surface area contributed by atoms with E-state index >= 15 is 0 Å². The van der Waals surface area contributed by atoms with Gasteiger partial charge in [-0.2, -0.15) is 0 Å². The molecule has 0 radical (unpaired) electrons. The molecule has 0 aromatic heterocycles. The summed E-state index contributed by atoms with van der Waals surface area (Å²) in [6, 6.07) is 10.5. The lowest BCUT2D eigenvalue weighted by Crippen LogP contribution is -2.22. The van der Waals surface area contributed by atoms with E-state index in [9.17, 15) is 0 Å². The van der Waals surface area contributed by atoms with Crippen LogP contribution in [-0.2, 0) is 15.9 Å². The molecule has 102 valence electrons. The zero-order valence-corrected chi connectivity index (χ0v) is 11.4. The summed E-state index contributed by atoms with van der Waals surface area (Å²) in [7, 11) is 1.73. The molecule has 0 unspecified atom stereocenters. The molecule has 1 N–H and O–H groups in total. The highest BCUT2D eigenvalue weighted by Gasteiger charge is 1.93. The normalized spacial score (nSPS) is 10.7. The molecule has 0 saturated heterocycles. The molecule has 0 heterocycles. The van der Waals surface area contributed by atoms with Crippen molar-refractivity contribution in [2.45, 2.75) is 19.3 Å². The van der Waals surface area contributed by atoms with Gasteiger partial charge in [0.2, 0.25) is 0 Å². The van der Waals surface area contributed by atoms with E-state index in [-0.39, 0.29) is 0 Å². The second-order valence-corrected chi connectivity index (χ2v) is 4.30. The molecule has 0 aliphatic carbocycles. The van der Waals surface area contributed by atoms with Crippen molar-refractivity contribution in [3.63, 3.8) is 0 Å². The van der Waals surface area contributed by atoms with Crippen molar-refractivity contribution in [1.82, 2.24) is 5.32 Å². The smallest absolute Gasteiger partial charge is 0.0590 e. The van der Waals surface area contributed by atoms with Gasteiger partial charge in [0.15, 0.2) is 0 Å². The van der Waals surface area contributed by atoms with Gasteiger partial charge in [-0.1, -0.05) is 30.3 Å². The number of ether oxygens (including phenoxy) is 2. The number of nitrogens with one attached hydrogen (secondary N) is 1. The maximum atomic E-state index is 5.57. The number of hydrogen-bond acceptors (Lipinski definition) is 3. The van der Waals surface area contributed by atoms with Gasteiger partial charge in [0.05, 0.1) is 6.61 Å². The lowest BCUT2D eigenvalue weighted by atomic mass is 10.1. The van der Waals surface area contributed by atoms with Gasteiger partial charge in [-0.3, -0.25) is 0 Å². The summed E-state index contributed by atoms with van der Waals surface area (Å²) in [6.07, 6.45) is 3.25. The van der Waals surface area contributed by atoms with Crippen molar-refractivity contribution in [1.29, 1.82) is 0 Å². The SMILES string of the molecule is COCCCNCCOCCCc1ccccc1. The lowest BCUT2D eigenvalue weighted by molar-refractivity contribution is 0.132. The van der Waals surface area contributed by atoms with Crippen molar-refractivity contribution < 1.29 is 9.47 Å². The Morgan fingerprint density at radius 2 is 1.78 bits per heavy atom. The predicted octanol–water partition coefficient (Wildman–Crippen LogP) is 2.26. The van der Waals surface area contributed by atoms with Crippen LogP contribution < -0.4 is 5.32 Å². The first-order valence-corrected chi connectivity index (χ1v) is 6.75. The van der Waals surface area contributed by atoms with Crippen LogP contribution in [0.15, 0.2) is 30.3 Å². The number of rotatable bonds is 11. The maximum Gasteiger partial charge on any atom is 0.0590 e. The molecule has 0 atom stereocenters. The molecule has 3 heteroatoms. The second-order valence-electron chi connectivity index (χ2n) is 4.30. The van der Waals surface area contributed by atoms with E-state index in [0.717, 1.165) is 52.2 Å². The monoisotopic (exact) mass is 251 g/mol. The Kier molecular flexibility index (Phi) is 9.44. The minimum Gasteiger partial charge on any atom is -0.385 e. The Morgan fingerprint density at radius 3 is 2.56 bits per heavy atom. The molecule has 1 aromatic rings. The Hall–Kier alpha value is -0.900. The van der Waals surface area contributed by atoms with Crippen molar-refractivity contribution in [2.24, 2.45) is 0 Å². The summed E-state index contributed by atoms with van der Waals surface area (Å²) in [4.78, 5) is 0. The van der Waals surface area contributed by atoms with E-state index in [1.54, 1.807) is 7.11 Å². The van der Waals surface area contributed by atoms with Gasteiger partial charge < -0.3 is 14.8 Å². The first kappa shape index (κ1) is 15.2. The van der Waals surface area contributed by atoms with Crippen LogP contribution in [-0.4, -0.2) is 40.0 Å². The van der Waals surface area contributed by atoms with Crippen LogP contribution in [0.3, 0.4) is 0 Å². The fourth-order valence-corrected chi connectivity index (χ4v) is 1.74. The zero-order valence-electron chi connectivity index (χ0n) is 11.4. The fourth-order valence-electron chi connectivity index (χ4n) is 1.74. The highest BCUT2D eigenvalue weighted by Crippen LogP contribution is 2.01. The van der Waals surface area contributed by atoms with Gasteiger partial charge in [-0.15, -0.1) is 0 Å². The second kappa shape index (κ2) is 11.2. The standard InChI is InChI=1S/C15H25NO2/c1-17-12-6-10-16-11-14-18-13-5-9-15-7-3-2-4-8-15/h2-4,7-8,16H,5-6,9-14H2,1H3. The molecule has 0 aliphatic heterocycles. The lowest BCUT2D eigenvalue weighted by Gasteiger charge is -2.06. The van der Waals surface area contributed by atoms with Crippen LogP contribution in [0.4, 0.5) is 0 Å². The Morgan fingerprint density at radius 1 is 0.944 bits per heavy atom. The average molecular weight is 251 g/mol. The predicted molar refractivity (Wildman–Crippen MR) is 74.9 cm³/mol. The van der Waals surface area contributed by atoms with Crippen molar-refractivity contribution >= 4 is 0 Å². The topological polar surface area (TPSA) is 30.5 Å². The van der Waals surface area contributed by atoms with Gasteiger partial charge in [0.25, 0.3) is 0 Å². The van der Waals surface area contributed by atoms with Gasteiger partial charge in [0, 0.05) is 26.9 Å². The van der Waals surface area contributed by atoms with Crippen LogP contribution in [0.1, 0.15) is 18.4 Å². The van der Waals surface area contributed by atoms with E-state index in [1.807, 2.05) is 0 Å². The summed E-state index contributed by atoms with van der Waals surface area (Å²) >= 11 is 0. The summed E-state index contributed by atoms with van der Waals surface area (Å²) in [6.45, 7) is 4.39. The molecule has 0 amide bonds. The number of methoxy groups -OCH3 is 1. The van der Waals surface area contributed by atoms with Crippen LogP contribution in [0.5, 0.6) is 0 Å². The van der Waals surface area contributed by atoms with E-state index in [0.29, 0.717) is 0 Å². The minimum atomic E-state index is 0.793. The van der Waals surface area contributed by atoms with Crippen LogP contribution >= 0.6 is 0 Å². The molecule has 1 aromatic carbocycles. The van der Waals surface area contributed by atoms with Crippen molar-refractivity contribution in [2.75, 3.05) is 40.0 Å². The number of aryl methyl sites for hydroxylation is 1. The molecule has 0 saturated carbocycles. The van der Waals surface area contributed by atoms with Crippen molar-refractivity contribution in [3.05, 3.63) is 35.9 Å². The molecular weight excluding hydrogens is 226 g/mol. The first-order chi connectivity index (χ1) is 8.93. The highest BCUT2D eigenvalue weighted by molar-refractivity contribution is 5.14.